The SMILES string of the molecule is CC(=O)C(NC(=O)CN1CCNC[C@H]1C)C(C)C. The summed E-state index contributed by atoms with van der Waals surface area (Å²) in [6, 6.07) is -0.00458. The summed E-state index contributed by atoms with van der Waals surface area (Å²) in [6.45, 7) is 10.6. The number of amides is 1. The Labute approximate surface area is 109 Å². The Bertz CT molecular complexity index is 305. The minimum absolute atomic E-state index is 0.0201. The van der Waals surface area contributed by atoms with Gasteiger partial charge in [0, 0.05) is 25.7 Å². The van der Waals surface area contributed by atoms with Gasteiger partial charge in [0.05, 0.1) is 12.6 Å². The van der Waals surface area contributed by atoms with Crippen molar-refractivity contribution >= 4 is 11.7 Å². The normalized spacial score (nSPS) is 22.8. The van der Waals surface area contributed by atoms with Crippen molar-refractivity contribution in [1.82, 2.24) is 15.5 Å². The number of nitrogens with one attached hydrogen (secondary N) is 2. The predicted molar refractivity (Wildman–Crippen MR) is 71.4 cm³/mol. The molecule has 1 aliphatic heterocycles. The molecule has 0 radical (unpaired) electrons. The number of hydrogen-bond acceptors (Lipinski definition) is 4. The van der Waals surface area contributed by atoms with Gasteiger partial charge in [0.25, 0.3) is 0 Å². The minimum Gasteiger partial charge on any atom is -0.345 e. The maximum atomic E-state index is 12.0. The summed E-state index contributed by atoms with van der Waals surface area (Å²) >= 11 is 0. The zero-order chi connectivity index (χ0) is 13.7. The first-order valence-corrected chi connectivity index (χ1v) is 6.66. The van der Waals surface area contributed by atoms with E-state index in [-0.39, 0.29) is 23.7 Å². The van der Waals surface area contributed by atoms with Crippen LogP contribution in [0.5, 0.6) is 0 Å². The molecule has 1 rings (SSSR count). The van der Waals surface area contributed by atoms with Gasteiger partial charge in [-0.1, -0.05) is 13.8 Å². The predicted octanol–water partition coefficient (Wildman–Crippen LogP) is 0.00990. The molecule has 0 aromatic carbocycles. The van der Waals surface area contributed by atoms with Gasteiger partial charge in [-0.05, 0) is 19.8 Å². The second kappa shape index (κ2) is 6.85. The Morgan fingerprint density at radius 1 is 1.44 bits per heavy atom. The number of piperazine rings is 1. The van der Waals surface area contributed by atoms with Crippen LogP contribution in [-0.2, 0) is 9.59 Å². The van der Waals surface area contributed by atoms with E-state index in [1.165, 1.54) is 6.92 Å². The fourth-order valence-electron chi connectivity index (χ4n) is 2.26. The van der Waals surface area contributed by atoms with Crippen LogP contribution in [0.4, 0.5) is 0 Å². The van der Waals surface area contributed by atoms with Crippen LogP contribution >= 0.6 is 0 Å². The van der Waals surface area contributed by atoms with E-state index in [4.69, 9.17) is 0 Å². The lowest BCUT2D eigenvalue weighted by Gasteiger charge is -2.33. The van der Waals surface area contributed by atoms with Gasteiger partial charge in [-0.25, -0.2) is 0 Å². The Balaban J connectivity index is 2.47. The summed E-state index contributed by atoms with van der Waals surface area (Å²) in [6.07, 6.45) is 0. The Morgan fingerprint density at radius 3 is 2.61 bits per heavy atom. The van der Waals surface area contributed by atoms with E-state index in [0.29, 0.717) is 12.6 Å². The molecule has 1 fully saturated rings. The highest BCUT2D eigenvalue weighted by atomic mass is 16.2. The average Bonchev–Trinajstić information content (AvgIpc) is 2.28. The lowest BCUT2D eigenvalue weighted by Crippen LogP contribution is -2.54. The molecule has 0 spiro atoms. The molecule has 104 valence electrons. The number of carbonyl (C=O) groups is 2. The summed E-state index contributed by atoms with van der Waals surface area (Å²) in [5.74, 6) is 0.0938. The molecule has 0 saturated carbocycles. The van der Waals surface area contributed by atoms with Crippen molar-refractivity contribution in [3.8, 4) is 0 Å². The van der Waals surface area contributed by atoms with Crippen molar-refractivity contribution in [3.05, 3.63) is 0 Å². The lowest BCUT2D eigenvalue weighted by molar-refractivity contribution is -0.128. The molecule has 1 amide bonds. The quantitative estimate of drug-likeness (QED) is 0.726. The van der Waals surface area contributed by atoms with E-state index in [1.807, 2.05) is 13.8 Å². The summed E-state index contributed by atoms with van der Waals surface area (Å²) in [4.78, 5) is 25.5. The lowest BCUT2D eigenvalue weighted by atomic mass is 10.0. The van der Waals surface area contributed by atoms with Gasteiger partial charge in [0.15, 0.2) is 5.78 Å². The molecule has 1 aliphatic rings. The summed E-state index contributed by atoms with van der Waals surface area (Å²) in [5.41, 5.74) is 0. The first-order chi connectivity index (χ1) is 8.41. The zero-order valence-electron chi connectivity index (χ0n) is 11.8. The maximum Gasteiger partial charge on any atom is 0.234 e. The largest absolute Gasteiger partial charge is 0.345 e. The van der Waals surface area contributed by atoms with Crippen LogP contribution in [0, 0.1) is 5.92 Å². The number of ketones is 1. The molecule has 0 aliphatic carbocycles. The summed E-state index contributed by atoms with van der Waals surface area (Å²) in [7, 11) is 0. The van der Waals surface area contributed by atoms with Crippen molar-refractivity contribution in [1.29, 1.82) is 0 Å². The molecule has 5 nitrogen and oxygen atoms in total. The average molecular weight is 255 g/mol. The van der Waals surface area contributed by atoms with Crippen LogP contribution in [0.1, 0.15) is 27.7 Å². The van der Waals surface area contributed by atoms with Gasteiger partial charge in [-0.3, -0.25) is 14.5 Å². The first-order valence-electron chi connectivity index (χ1n) is 6.66. The molecule has 1 unspecified atom stereocenters. The van der Waals surface area contributed by atoms with Gasteiger partial charge < -0.3 is 10.6 Å². The van der Waals surface area contributed by atoms with E-state index in [9.17, 15) is 9.59 Å². The number of nitrogens with zero attached hydrogens (tertiary/aromatic N) is 1. The van der Waals surface area contributed by atoms with Crippen molar-refractivity contribution in [2.45, 2.75) is 39.8 Å². The van der Waals surface area contributed by atoms with Gasteiger partial charge in [-0.2, -0.15) is 0 Å². The molecular weight excluding hydrogens is 230 g/mol. The molecule has 5 heteroatoms. The topological polar surface area (TPSA) is 61.4 Å². The van der Waals surface area contributed by atoms with Crippen LogP contribution < -0.4 is 10.6 Å². The standard InChI is InChI=1S/C13H25N3O2/c1-9(2)13(11(4)17)15-12(18)8-16-6-5-14-7-10(16)3/h9-10,13-14H,5-8H2,1-4H3,(H,15,18)/t10-,13?/m1/s1. The Morgan fingerprint density at radius 2 is 2.11 bits per heavy atom. The molecule has 18 heavy (non-hydrogen) atoms. The maximum absolute atomic E-state index is 12.0. The monoisotopic (exact) mass is 255 g/mol. The number of hydrogen-bond donors (Lipinski definition) is 2. The molecule has 2 atom stereocenters. The summed E-state index contributed by atoms with van der Waals surface area (Å²) in [5, 5.41) is 6.12. The smallest absolute Gasteiger partial charge is 0.234 e. The highest BCUT2D eigenvalue weighted by Crippen LogP contribution is 2.05. The molecule has 0 bridgehead atoms. The molecule has 0 aromatic heterocycles. The second-order valence-electron chi connectivity index (χ2n) is 5.42. The molecule has 2 N–H and O–H groups in total. The van der Waals surface area contributed by atoms with Gasteiger partial charge in [0.1, 0.15) is 0 Å². The van der Waals surface area contributed by atoms with Crippen LogP contribution in [0.3, 0.4) is 0 Å². The Kier molecular flexibility index (Phi) is 5.75. The molecular formula is C13H25N3O2. The Hall–Kier alpha value is -0.940. The van der Waals surface area contributed by atoms with E-state index < -0.39 is 0 Å². The van der Waals surface area contributed by atoms with Crippen molar-refractivity contribution in [2.24, 2.45) is 5.92 Å². The fourth-order valence-corrected chi connectivity index (χ4v) is 2.26. The zero-order valence-corrected chi connectivity index (χ0v) is 11.8. The van der Waals surface area contributed by atoms with Crippen LogP contribution in [-0.4, -0.2) is 54.9 Å². The summed E-state index contributed by atoms with van der Waals surface area (Å²) < 4.78 is 0. The van der Waals surface area contributed by atoms with Gasteiger partial charge >= 0.3 is 0 Å². The highest BCUT2D eigenvalue weighted by Gasteiger charge is 2.24. The molecule has 0 aromatic rings. The fraction of sp³-hybridized carbons (Fsp3) is 0.846. The van der Waals surface area contributed by atoms with Crippen molar-refractivity contribution in [2.75, 3.05) is 26.2 Å². The number of rotatable bonds is 5. The first kappa shape index (κ1) is 15.1. The van der Waals surface area contributed by atoms with E-state index in [2.05, 4.69) is 22.5 Å². The van der Waals surface area contributed by atoms with Crippen LogP contribution in [0.2, 0.25) is 0 Å². The van der Waals surface area contributed by atoms with Crippen molar-refractivity contribution < 1.29 is 9.59 Å². The molecule has 1 heterocycles. The van der Waals surface area contributed by atoms with Crippen LogP contribution in [0.15, 0.2) is 0 Å². The molecule has 1 saturated heterocycles. The highest BCUT2D eigenvalue weighted by molar-refractivity contribution is 5.88. The van der Waals surface area contributed by atoms with Gasteiger partial charge in [0.2, 0.25) is 5.91 Å². The second-order valence-corrected chi connectivity index (χ2v) is 5.42. The van der Waals surface area contributed by atoms with E-state index in [0.717, 1.165) is 19.6 Å². The third kappa shape index (κ3) is 4.38. The minimum atomic E-state index is -0.365. The third-order valence-corrected chi connectivity index (χ3v) is 3.41. The van der Waals surface area contributed by atoms with Crippen LogP contribution in [0.25, 0.3) is 0 Å². The van der Waals surface area contributed by atoms with E-state index in [1.54, 1.807) is 0 Å². The van der Waals surface area contributed by atoms with Gasteiger partial charge in [-0.15, -0.1) is 0 Å². The number of carbonyl (C=O) groups excluding carboxylic acids is 2. The number of Topliss-reactive ketones (excluding diaryl/α,β-unsaturated/α-hetero) is 1. The van der Waals surface area contributed by atoms with Crippen molar-refractivity contribution in [3.63, 3.8) is 0 Å². The van der Waals surface area contributed by atoms with E-state index >= 15 is 0 Å². The third-order valence-electron chi connectivity index (χ3n) is 3.41.